The van der Waals surface area contributed by atoms with E-state index in [4.69, 9.17) is 0 Å². The number of nitrogens with one attached hydrogen (secondary N) is 1. The van der Waals surface area contributed by atoms with E-state index >= 15 is 0 Å². The van der Waals surface area contributed by atoms with Crippen LogP contribution >= 0.6 is 0 Å². The van der Waals surface area contributed by atoms with Gasteiger partial charge in [0.1, 0.15) is 12.0 Å². The molecule has 1 aromatic heterocycles. The zero-order valence-corrected chi connectivity index (χ0v) is 15.2. The first kappa shape index (κ1) is 16.3. The molecular formula is C22H21N3O. The van der Waals surface area contributed by atoms with Crippen LogP contribution in [0.2, 0.25) is 0 Å². The first-order chi connectivity index (χ1) is 12.6. The zero-order chi connectivity index (χ0) is 18.3. The number of aryl methyl sites for hydroxylation is 2. The predicted octanol–water partition coefficient (Wildman–Crippen LogP) is 4.78. The third-order valence-corrected chi connectivity index (χ3v) is 5.01. The lowest BCUT2D eigenvalue weighted by Gasteiger charge is -2.27. The van der Waals surface area contributed by atoms with E-state index in [0.29, 0.717) is 5.82 Å². The quantitative estimate of drug-likeness (QED) is 0.744. The van der Waals surface area contributed by atoms with Gasteiger partial charge in [-0.15, -0.1) is 0 Å². The molecule has 2 aromatic carbocycles. The maximum absolute atomic E-state index is 13.1. The number of carbonyl (C=O) groups is 1. The summed E-state index contributed by atoms with van der Waals surface area (Å²) in [4.78, 5) is 19.3. The van der Waals surface area contributed by atoms with E-state index in [1.54, 1.807) is 11.1 Å². The average molecular weight is 343 g/mol. The van der Waals surface area contributed by atoms with E-state index < -0.39 is 0 Å². The molecule has 4 heteroatoms. The first-order valence-corrected chi connectivity index (χ1v) is 8.74. The minimum atomic E-state index is -0.284. The SMILES string of the molecule is Cc1ccnc(N2C(=O)c3ccccc3[C@H]2Nc2cccc(C)c2C)c1. The van der Waals surface area contributed by atoms with Crippen molar-refractivity contribution < 1.29 is 4.79 Å². The van der Waals surface area contributed by atoms with Gasteiger partial charge in [-0.2, -0.15) is 0 Å². The molecule has 1 N–H and O–H groups in total. The van der Waals surface area contributed by atoms with Crippen LogP contribution in [0.4, 0.5) is 11.5 Å². The molecular weight excluding hydrogens is 322 g/mol. The van der Waals surface area contributed by atoms with E-state index in [1.165, 1.54) is 11.1 Å². The summed E-state index contributed by atoms with van der Waals surface area (Å²) < 4.78 is 0. The predicted molar refractivity (Wildman–Crippen MR) is 105 cm³/mol. The Hall–Kier alpha value is -3.14. The van der Waals surface area contributed by atoms with Gasteiger partial charge in [0.05, 0.1) is 0 Å². The van der Waals surface area contributed by atoms with E-state index in [9.17, 15) is 4.79 Å². The van der Waals surface area contributed by atoms with Crippen LogP contribution in [-0.4, -0.2) is 10.9 Å². The van der Waals surface area contributed by atoms with Crippen molar-refractivity contribution in [3.63, 3.8) is 0 Å². The largest absolute Gasteiger partial charge is 0.361 e. The van der Waals surface area contributed by atoms with Gasteiger partial charge in [-0.1, -0.05) is 30.3 Å². The Morgan fingerprint density at radius 3 is 2.62 bits per heavy atom. The molecule has 1 aliphatic rings. The fraction of sp³-hybridized carbons (Fsp3) is 0.182. The van der Waals surface area contributed by atoms with Crippen LogP contribution in [0.3, 0.4) is 0 Å². The molecule has 0 aliphatic carbocycles. The van der Waals surface area contributed by atoms with Crippen molar-refractivity contribution in [1.29, 1.82) is 0 Å². The van der Waals surface area contributed by atoms with E-state index in [1.807, 2.05) is 49.4 Å². The van der Waals surface area contributed by atoms with Crippen molar-refractivity contribution in [2.45, 2.75) is 26.9 Å². The monoisotopic (exact) mass is 343 g/mol. The molecule has 0 radical (unpaired) electrons. The Labute approximate surface area is 153 Å². The Balaban J connectivity index is 1.82. The number of benzene rings is 2. The molecule has 3 aromatic rings. The minimum Gasteiger partial charge on any atom is -0.361 e. The highest BCUT2D eigenvalue weighted by atomic mass is 16.2. The normalized spacial score (nSPS) is 15.9. The lowest BCUT2D eigenvalue weighted by molar-refractivity contribution is 0.0992. The summed E-state index contributed by atoms with van der Waals surface area (Å²) in [6, 6.07) is 17.8. The van der Waals surface area contributed by atoms with Crippen LogP contribution in [0.15, 0.2) is 60.8 Å². The summed E-state index contributed by atoms with van der Waals surface area (Å²) in [5.74, 6) is 0.635. The second-order valence-electron chi connectivity index (χ2n) is 6.75. The van der Waals surface area contributed by atoms with E-state index in [0.717, 1.165) is 22.4 Å². The van der Waals surface area contributed by atoms with Gasteiger partial charge in [0, 0.05) is 23.0 Å². The molecule has 0 bridgehead atoms. The molecule has 26 heavy (non-hydrogen) atoms. The van der Waals surface area contributed by atoms with Gasteiger partial charge in [-0.25, -0.2) is 4.98 Å². The van der Waals surface area contributed by atoms with Crippen LogP contribution in [0.5, 0.6) is 0 Å². The van der Waals surface area contributed by atoms with Gasteiger partial charge in [0.25, 0.3) is 5.91 Å². The van der Waals surface area contributed by atoms with Crippen LogP contribution in [0.25, 0.3) is 0 Å². The Morgan fingerprint density at radius 2 is 1.81 bits per heavy atom. The summed E-state index contributed by atoms with van der Waals surface area (Å²) in [6.07, 6.45) is 1.46. The Kier molecular flexibility index (Phi) is 3.96. The zero-order valence-electron chi connectivity index (χ0n) is 15.2. The average Bonchev–Trinajstić information content (AvgIpc) is 2.91. The number of fused-ring (bicyclic) bond motifs is 1. The lowest BCUT2D eigenvalue weighted by Crippen LogP contribution is -2.33. The van der Waals surface area contributed by atoms with Crippen molar-refractivity contribution in [2.75, 3.05) is 10.2 Å². The molecule has 0 unspecified atom stereocenters. The molecule has 0 saturated heterocycles. The highest BCUT2D eigenvalue weighted by Gasteiger charge is 2.38. The van der Waals surface area contributed by atoms with Crippen molar-refractivity contribution in [3.8, 4) is 0 Å². The highest BCUT2D eigenvalue weighted by Crippen LogP contribution is 2.38. The van der Waals surface area contributed by atoms with Gasteiger partial charge in [0.15, 0.2) is 0 Å². The molecule has 1 aliphatic heterocycles. The number of hydrogen-bond acceptors (Lipinski definition) is 3. The van der Waals surface area contributed by atoms with Gasteiger partial charge < -0.3 is 5.32 Å². The molecule has 4 rings (SSSR count). The summed E-state index contributed by atoms with van der Waals surface area (Å²) in [6.45, 7) is 6.19. The number of carbonyl (C=O) groups excluding carboxylic acids is 1. The number of rotatable bonds is 3. The first-order valence-electron chi connectivity index (χ1n) is 8.74. The maximum Gasteiger partial charge on any atom is 0.261 e. The van der Waals surface area contributed by atoms with Crippen LogP contribution in [-0.2, 0) is 0 Å². The Morgan fingerprint density at radius 1 is 1.00 bits per heavy atom. The third kappa shape index (κ3) is 2.64. The number of anilines is 2. The third-order valence-electron chi connectivity index (χ3n) is 5.01. The molecule has 0 spiro atoms. The fourth-order valence-electron chi connectivity index (χ4n) is 3.40. The molecule has 1 amide bonds. The molecule has 130 valence electrons. The van der Waals surface area contributed by atoms with Crippen molar-refractivity contribution >= 4 is 17.4 Å². The van der Waals surface area contributed by atoms with Gasteiger partial charge in [0.2, 0.25) is 0 Å². The molecule has 2 heterocycles. The minimum absolute atomic E-state index is 0.0264. The van der Waals surface area contributed by atoms with Crippen LogP contribution in [0.1, 0.15) is 38.8 Å². The molecule has 0 saturated carbocycles. The van der Waals surface area contributed by atoms with Crippen molar-refractivity contribution in [2.24, 2.45) is 0 Å². The maximum atomic E-state index is 13.1. The molecule has 4 nitrogen and oxygen atoms in total. The van der Waals surface area contributed by atoms with Gasteiger partial charge in [-0.3, -0.25) is 9.69 Å². The second kappa shape index (κ2) is 6.30. The molecule has 0 fully saturated rings. The smallest absolute Gasteiger partial charge is 0.261 e. The highest BCUT2D eigenvalue weighted by molar-refractivity contribution is 6.11. The number of hydrogen-bond donors (Lipinski definition) is 1. The standard InChI is InChI=1S/C22H21N3O/c1-14-11-12-23-20(13-14)25-21(17-8-4-5-9-18(17)22(25)26)24-19-10-6-7-15(2)16(19)3/h4-13,21,24H,1-3H3/t21-/m0/s1. The Bertz CT molecular complexity index is 996. The van der Waals surface area contributed by atoms with Crippen LogP contribution < -0.4 is 10.2 Å². The number of aromatic nitrogens is 1. The van der Waals surface area contributed by atoms with Crippen molar-refractivity contribution in [1.82, 2.24) is 4.98 Å². The topological polar surface area (TPSA) is 45.2 Å². The fourth-order valence-corrected chi connectivity index (χ4v) is 3.40. The van der Waals surface area contributed by atoms with Crippen LogP contribution in [0, 0.1) is 20.8 Å². The van der Waals surface area contributed by atoms with Gasteiger partial charge >= 0.3 is 0 Å². The lowest BCUT2D eigenvalue weighted by atomic mass is 10.1. The number of nitrogens with zero attached hydrogens (tertiary/aromatic N) is 2. The summed E-state index contributed by atoms with van der Waals surface area (Å²) in [5, 5.41) is 3.57. The number of pyridine rings is 1. The van der Waals surface area contributed by atoms with E-state index in [2.05, 4.69) is 36.3 Å². The summed E-state index contributed by atoms with van der Waals surface area (Å²) in [5.41, 5.74) is 6.19. The summed E-state index contributed by atoms with van der Waals surface area (Å²) in [7, 11) is 0. The van der Waals surface area contributed by atoms with Crippen molar-refractivity contribution in [3.05, 3.63) is 88.6 Å². The summed E-state index contributed by atoms with van der Waals surface area (Å²) >= 11 is 0. The second-order valence-corrected chi connectivity index (χ2v) is 6.75. The van der Waals surface area contributed by atoms with E-state index in [-0.39, 0.29) is 12.1 Å². The molecule has 1 atom stereocenters. The van der Waals surface area contributed by atoms with Gasteiger partial charge in [-0.05, 0) is 61.7 Å². The number of amides is 1.